The van der Waals surface area contributed by atoms with Gasteiger partial charge in [0.1, 0.15) is 11.4 Å². The van der Waals surface area contributed by atoms with Crippen LogP contribution >= 0.6 is 23.2 Å². The molecule has 0 bridgehead atoms. The Morgan fingerprint density at radius 2 is 1.95 bits per heavy atom. The second kappa shape index (κ2) is 6.64. The lowest BCUT2D eigenvalue weighted by atomic mass is 10.2. The summed E-state index contributed by atoms with van der Waals surface area (Å²) in [6.45, 7) is 0. The Morgan fingerprint density at radius 1 is 1.23 bits per heavy atom. The Bertz CT molecular complexity index is 750. The van der Waals surface area contributed by atoms with Crippen molar-refractivity contribution in [1.29, 1.82) is 0 Å². The van der Waals surface area contributed by atoms with Gasteiger partial charge in [0.2, 0.25) is 0 Å². The molecule has 1 amide bonds. The molecule has 0 fully saturated rings. The van der Waals surface area contributed by atoms with E-state index in [1.165, 1.54) is 37.4 Å². The summed E-state index contributed by atoms with van der Waals surface area (Å²) >= 11 is 11.7. The second-order valence-electron chi connectivity index (χ2n) is 4.22. The SMILES string of the molecule is COc1ccc(C(=O)Nc2ccc(Cl)cc2[N+](=O)[O-])cc1Cl. The van der Waals surface area contributed by atoms with Gasteiger partial charge in [0.05, 0.1) is 17.1 Å². The zero-order valence-corrected chi connectivity index (χ0v) is 12.8. The van der Waals surface area contributed by atoms with E-state index in [1.807, 2.05) is 0 Å². The van der Waals surface area contributed by atoms with Crippen molar-refractivity contribution >= 4 is 40.5 Å². The number of nitrogens with zero attached hydrogens (tertiary/aromatic N) is 1. The first-order valence-corrected chi connectivity index (χ1v) is 6.77. The number of nitrogens with one attached hydrogen (secondary N) is 1. The number of nitro groups is 1. The van der Waals surface area contributed by atoms with E-state index in [1.54, 1.807) is 0 Å². The number of hydrogen-bond acceptors (Lipinski definition) is 4. The zero-order chi connectivity index (χ0) is 16.3. The molecule has 0 atom stereocenters. The van der Waals surface area contributed by atoms with E-state index in [0.717, 1.165) is 6.07 Å². The van der Waals surface area contributed by atoms with Gasteiger partial charge in [-0.15, -0.1) is 0 Å². The molecule has 0 unspecified atom stereocenters. The van der Waals surface area contributed by atoms with Gasteiger partial charge in [-0.3, -0.25) is 14.9 Å². The summed E-state index contributed by atoms with van der Waals surface area (Å²) < 4.78 is 4.99. The summed E-state index contributed by atoms with van der Waals surface area (Å²) in [5.41, 5.74) is 0.00171. The van der Waals surface area contributed by atoms with Gasteiger partial charge in [-0.25, -0.2) is 0 Å². The molecule has 0 aliphatic rings. The molecule has 0 saturated carbocycles. The second-order valence-corrected chi connectivity index (χ2v) is 5.07. The Balaban J connectivity index is 2.29. The quantitative estimate of drug-likeness (QED) is 0.669. The van der Waals surface area contributed by atoms with Crippen molar-refractivity contribution in [2.24, 2.45) is 0 Å². The van der Waals surface area contributed by atoms with Gasteiger partial charge in [0, 0.05) is 16.7 Å². The van der Waals surface area contributed by atoms with Crippen molar-refractivity contribution in [2.45, 2.75) is 0 Å². The maximum absolute atomic E-state index is 12.2. The molecule has 0 saturated heterocycles. The maximum atomic E-state index is 12.2. The maximum Gasteiger partial charge on any atom is 0.294 e. The number of carbonyl (C=O) groups is 1. The normalized spacial score (nSPS) is 10.1. The lowest BCUT2D eigenvalue weighted by Crippen LogP contribution is -2.13. The standard InChI is InChI=1S/C14H10Cl2N2O4/c1-22-13-5-2-8(6-10(13)16)14(19)17-11-4-3-9(15)7-12(11)18(20)21/h2-7H,1H3,(H,17,19). The van der Waals surface area contributed by atoms with Crippen LogP contribution in [0.15, 0.2) is 36.4 Å². The highest BCUT2D eigenvalue weighted by Gasteiger charge is 2.17. The lowest BCUT2D eigenvalue weighted by molar-refractivity contribution is -0.383. The molecule has 0 aromatic heterocycles. The van der Waals surface area contributed by atoms with Crippen molar-refractivity contribution in [3.63, 3.8) is 0 Å². The third-order valence-electron chi connectivity index (χ3n) is 2.82. The van der Waals surface area contributed by atoms with Crippen LogP contribution < -0.4 is 10.1 Å². The summed E-state index contributed by atoms with van der Waals surface area (Å²) in [5, 5.41) is 13.9. The molecule has 1 N–H and O–H groups in total. The molecule has 0 aliphatic carbocycles. The monoisotopic (exact) mass is 340 g/mol. The van der Waals surface area contributed by atoms with Crippen molar-refractivity contribution in [3.8, 4) is 5.75 Å². The van der Waals surface area contributed by atoms with E-state index >= 15 is 0 Å². The van der Waals surface area contributed by atoms with Crippen LogP contribution in [-0.4, -0.2) is 17.9 Å². The van der Waals surface area contributed by atoms with Crippen molar-refractivity contribution in [3.05, 3.63) is 62.1 Å². The number of halogens is 2. The van der Waals surface area contributed by atoms with Gasteiger partial charge in [-0.1, -0.05) is 23.2 Å². The number of ether oxygens (including phenoxy) is 1. The molecule has 8 heteroatoms. The minimum Gasteiger partial charge on any atom is -0.495 e. The van der Waals surface area contributed by atoms with Gasteiger partial charge in [-0.05, 0) is 30.3 Å². The summed E-state index contributed by atoms with van der Waals surface area (Å²) in [4.78, 5) is 22.5. The van der Waals surface area contributed by atoms with E-state index in [4.69, 9.17) is 27.9 Å². The van der Waals surface area contributed by atoms with Crippen molar-refractivity contribution in [1.82, 2.24) is 0 Å². The predicted octanol–water partition coefficient (Wildman–Crippen LogP) is 4.16. The summed E-state index contributed by atoms with van der Waals surface area (Å²) in [6.07, 6.45) is 0. The van der Waals surface area contributed by atoms with E-state index < -0.39 is 10.8 Å². The van der Waals surface area contributed by atoms with Gasteiger partial charge in [0.15, 0.2) is 0 Å². The molecule has 22 heavy (non-hydrogen) atoms. The first kappa shape index (κ1) is 16.1. The van der Waals surface area contributed by atoms with Crippen LogP contribution in [0.4, 0.5) is 11.4 Å². The number of rotatable bonds is 4. The number of anilines is 1. The fraction of sp³-hybridized carbons (Fsp3) is 0.0714. The molecule has 0 heterocycles. The Kier molecular flexibility index (Phi) is 4.85. The molecule has 0 spiro atoms. The van der Waals surface area contributed by atoms with Gasteiger partial charge >= 0.3 is 0 Å². The van der Waals surface area contributed by atoms with E-state index in [0.29, 0.717) is 5.75 Å². The minimum atomic E-state index is -0.623. The van der Waals surface area contributed by atoms with Gasteiger partial charge in [-0.2, -0.15) is 0 Å². The number of benzene rings is 2. The third kappa shape index (κ3) is 3.47. The number of hydrogen-bond donors (Lipinski definition) is 1. The van der Waals surface area contributed by atoms with Crippen LogP contribution in [0.1, 0.15) is 10.4 Å². The lowest BCUT2D eigenvalue weighted by Gasteiger charge is -2.08. The van der Waals surface area contributed by atoms with Gasteiger partial charge < -0.3 is 10.1 Å². The molecule has 2 aromatic carbocycles. The van der Waals surface area contributed by atoms with E-state index in [9.17, 15) is 14.9 Å². The Hall–Kier alpha value is -2.31. The zero-order valence-electron chi connectivity index (χ0n) is 11.3. The number of nitro benzene ring substituents is 1. The van der Waals surface area contributed by atoms with Crippen LogP contribution in [0.5, 0.6) is 5.75 Å². The molecule has 0 aliphatic heterocycles. The average molecular weight is 341 g/mol. The fourth-order valence-corrected chi connectivity index (χ4v) is 2.19. The largest absolute Gasteiger partial charge is 0.495 e. The number of carbonyl (C=O) groups excluding carboxylic acids is 1. The van der Waals surface area contributed by atoms with Crippen LogP contribution in [0.25, 0.3) is 0 Å². The summed E-state index contributed by atoms with van der Waals surface area (Å²) in [7, 11) is 1.46. The van der Waals surface area contributed by atoms with E-state index in [-0.39, 0.29) is 27.0 Å². The molecular weight excluding hydrogens is 331 g/mol. The molecular formula is C14H10Cl2N2O4. The van der Waals surface area contributed by atoms with Crippen molar-refractivity contribution < 1.29 is 14.5 Å². The average Bonchev–Trinajstić information content (AvgIpc) is 2.48. The van der Waals surface area contributed by atoms with Gasteiger partial charge in [0.25, 0.3) is 11.6 Å². The Labute approximate surface area is 135 Å². The molecule has 2 rings (SSSR count). The van der Waals surface area contributed by atoms with E-state index in [2.05, 4.69) is 5.32 Å². The topological polar surface area (TPSA) is 81.5 Å². The van der Waals surface area contributed by atoms with Crippen LogP contribution in [0.2, 0.25) is 10.0 Å². The minimum absolute atomic E-state index is 0.0475. The predicted molar refractivity (Wildman–Crippen MR) is 84.1 cm³/mol. The van der Waals surface area contributed by atoms with Crippen LogP contribution in [-0.2, 0) is 0 Å². The first-order chi connectivity index (χ1) is 10.4. The summed E-state index contributed by atoms with van der Waals surface area (Å²) in [5.74, 6) is -0.106. The molecule has 6 nitrogen and oxygen atoms in total. The molecule has 0 radical (unpaired) electrons. The number of amides is 1. The first-order valence-electron chi connectivity index (χ1n) is 6.01. The molecule has 2 aromatic rings. The van der Waals surface area contributed by atoms with Crippen LogP contribution in [0.3, 0.4) is 0 Å². The highest BCUT2D eigenvalue weighted by atomic mass is 35.5. The highest BCUT2D eigenvalue weighted by Crippen LogP contribution is 2.29. The smallest absolute Gasteiger partial charge is 0.294 e. The van der Waals surface area contributed by atoms with Crippen LogP contribution in [0, 0.1) is 10.1 Å². The van der Waals surface area contributed by atoms with Crippen molar-refractivity contribution in [2.75, 3.05) is 12.4 Å². The highest BCUT2D eigenvalue weighted by molar-refractivity contribution is 6.32. The fourth-order valence-electron chi connectivity index (χ4n) is 1.76. The Morgan fingerprint density at radius 3 is 2.55 bits per heavy atom. The number of methoxy groups -OCH3 is 1. The molecule has 114 valence electrons. The summed E-state index contributed by atoms with van der Waals surface area (Å²) in [6, 6.07) is 8.43. The third-order valence-corrected chi connectivity index (χ3v) is 3.35.